The van der Waals surface area contributed by atoms with Gasteiger partial charge in [0, 0.05) is 0 Å². The summed E-state index contributed by atoms with van der Waals surface area (Å²) in [6, 6.07) is 0. The van der Waals surface area contributed by atoms with Crippen molar-refractivity contribution >= 4 is 0 Å². The fourth-order valence-electron chi connectivity index (χ4n) is 8.83. The van der Waals surface area contributed by atoms with Gasteiger partial charge in [-0.2, -0.15) is 0 Å². The van der Waals surface area contributed by atoms with Crippen LogP contribution in [-0.2, 0) is 0 Å². The zero-order chi connectivity index (χ0) is 22.9. The Hall–Kier alpha value is -1.04. The first kappa shape index (κ1) is 23.1. The lowest BCUT2D eigenvalue weighted by Gasteiger charge is -2.36. The van der Waals surface area contributed by atoms with Gasteiger partial charge in [-0.3, -0.25) is 0 Å². The molecule has 0 bridgehead atoms. The number of hydrogen-bond donors (Lipinski definition) is 0. The fraction of sp³-hybridized carbons (Fsp3) is 0.742. The summed E-state index contributed by atoms with van der Waals surface area (Å²) in [4.78, 5) is 0. The lowest BCUT2D eigenvalue weighted by atomic mass is 9.69. The molecule has 6 unspecified atom stereocenters. The largest absolute Gasteiger partial charge is 0.0773 e. The van der Waals surface area contributed by atoms with E-state index in [1.54, 1.807) is 39.0 Å². The van der Waals surface area contributed by atoms with Crippen molar-refractivity contribution in [3.8, 4) is 0 Å². The first-order valence-corrected chi connectivity index (χ1v) is 13.2. The predicted octanol–water partition coefficient (Wildman–Crippen LogP) is 9.02. The smallest absolute Gasteiger partial charge is 0.0101 e. The second kappa shape index (κ2) is 8.07. The summed E-state index contributed by atoms with van der Waals surface area (Å²) in [6.45, 7) is 27.0. The van der Waals surface area contributed by atoms with Crippen LogP contribution in [0.5, 0.6) is 0 Å². The Kier molecular flexibility index (Phi) is 6.02. The van der Waals surface area contributed by atoms with Crippen molar-refractivity contribution in [2.45, 2.75) is 89.0 Å². The summed E-state index contributed by atoms with van der Waals surface area (Å²) in [7, 11) is 0. The molecule has 4 aliphatic carbocycles. The Balaban J connectivity index is 1.58. The molecule has 0 spiro atoms. The van der Waals surface area contributed by atoms with E-state index in [0.29, 0.717) is 0 Å². The van der Waals surface area contributed by atoms with Gasteiger partial charge in [-0.25, -0.2) is 0 Å². The molecule has 0 saturated heterocycles. The van der Waals surface area contributed by atoms with Gasteiger partial charge in [-0.1, -0.05) is 56.1 Å². The minimum atomic E-state index is 0.771. The van der Waals surface area contributed by atoms with E-state index in [4.69, 9.17) is 0 Å². The minimum absolute atomic E-state index is 0.771. The molecule has 0 aromatic carbocycles. The van der Waals surface area contributed by atoms with Gasteiger partial charge in [0.2, 0.25) is 0 Å². The van der Waals surface area contributed by atoms with Crippen molar-refractivity contribution in [3.63, 3.8) is 0 Å². The molecular weight excluding hydrogens is 372 g/mol. The summed E-state index contributed by atoms with van der Waals surface area (Å²) in [5, 5.41) is 0. The third-order valence-corrected chi connectivity index (χ3v) is 11.6. The molecule has 0 aromatic heterocycles. The van der Waals surface area contributed by atoms with Gasteiger partial charge in [-0.05, 0) is 137 Å². The van der Waals surface area contributed by atoms with Crippen LogP contribution in [-0.4, -0.2) is 0 Å². The van der Waals surface area contributed by atoms with Gasteiger partial charge in [-0.15, -0.1) is 0 Å². The van der Waals surface area contributed by atoms with E-state index in [9.17, 15) is 0 Å². The molecule has 4 aliphatic rings. The highest BCUT2D eigenvalue weighted by Crippen LogP contribution is 2.59. The SMILES string of the molecule is CC1=CC2C(CCC3C4C(C)=C(C)C(C)=C(C)[C@H]4[C@@H](C)[C@H]3C)C(C)[C@H](C)C2C(C)=C1C. The number of allylic oxidation sites excluding steroid dienone is 8. The lowest BCUT2D eigenvalue weighted by molar-refractivity contribution is 0.241. The van der Waals surface area contributed by atoms with E-state index in [0.717, 1.165) is 59.2 Å². The lowest BCUT2D eigenvalue weighted by Crippen LogP contribution is -2.26. The van der Waals surface area contributed by atoms with Gasteiger partial charge < -0.3 is 0 Å². The van der Waals surface area contributed by atoms with E-state index in [2.05, 4.69) is 82.2 Å². The number of rotatable bonds is 3. The van der Waals surface area contributed by atoms with Crippen LogP contribution in [0.1, 0.15) is 89.0 Å². The minimum Gasteiger partial charge on any atom is -0.0773 e. The van der Waals surface area contributed by atoms with Crippen LogP contribution in [0.15, 0.2) is 45.1 Å². The summed E-state index contributed by atoms with van der Waals surface area (Å²) >= 11 is 0. The first-order chi connectivity index (χ1) is 14.5. The van der Waals surface area contributed by atoms with Crippen LogP contribution in [0, 0.1) is 59.2 Å². The van der Waals surface area contributed by atoms with Crippen LogP contribution in [0.3, 0.4) is 0 Å². The van der Waals surface area contributed by atoms with E-state index in [1.807, 2.05) is 0 Å². The van der Waals surface area contributed by atoms with Crippen LogP contribution in [0.25, 0.3) is 0 Å². The van der Waals surface area contributed by atoms with Gasteiger partial charge in [0.1, 0.15) is 0 Å². The van der Waals surface area contributed by atoms with Crippen molar-refractivity contribution in [2.75, 3.05) is 0 Å². The molecule has 0 radical (unpaired) electrons. The second-order valence-electron chi connectivity index (χ2n) is 12.3. The van der Waals surface area contributed by atoms with Crippen molar-refractivity contribution in [2.24, 2.45) is 59.2 Å². The maximum atomic E-state index is 2.67. The Morgan fingerprint density at radius 1 is 0.516 bits per heavy atom. The summed E-state index contributed by atoms with van der Waals surface area (Å²) in [5.41, 5.74) is 11.4. The molecule has 0 aromatic rings. The van der Waals surface area contributed by atoms with E-state index >= 15 is 0 Å². The molecule has 4 rings (SSSR count). The van der Waals surface area contributed by atoms with Crippen LogP contribution in [0.4, 0.5) is 0 Å². The number of fused-ring (bicyclic) bond motifs is 2. The van der Waals surface area contributed by atoms with Crippen molar-refractivity contribution in [1.82, 2.24) is 0 Å². The molecule has 0 amide bonds. The molecule has 0 nitrogen and oxygen atoms in total. The summed E-state index contributed by atoms with van der Waals surface area (Å²) in [6.07, 6.45) is 5.51. The first-order valence-electron chi connectivity index (χ1n) is 13.2. The fourth-order valence-corrected chi connectivity index (χ4v) is 8.83. The average Bonchev–Trinajstić information content (AvgIpc) is 3.12. The highest BCUT2D eigenvalue weighted by Gasteiger charge is 2.51. The molecule has 2 fully saturated rings. The molecule has 31 heavy (non-hydrogen) atoms. The molecule has 0 heteroatoms. The van der Waals surface area contributed by atoms with Crippen molar-refractivity contribution in [3.05, 3.63) is 45.1 Å². The van der Waals surface area contributed by atoms with E-state index < -0.39 is 0 Å². The van der Waals surface area contributed by atoms with Gasteiger partial charge in [0.25, 0.3) is 0 Å². The summed E-state index contributed by atoms with van der Waals surface area (Å²) in [5.74, 6) is 8.11. The van der Waals surface area contributed by atoms with Gasteiger partial charge in [0.05, 0.1) is 0 Å². The zero-order valence-electron chi connectivity index (χ0n) is 22.3. The quantitative estimate of drug-likeness (QED) is 0.427. The summed E-state index contributed by atoms with van der Waals surface area (Å²) < 4.78 is 0. The highest BCUT2D eigenvalue weighted by molar-refractivity contribution is 5.44. The van der Waals surface area contributed by atoms with E-state index in [-0.39, 0.29) is 0 Å². The molecule has 10 atom stereocenters. The van der Waals surface area contributed by atoms with E-state index in [1.165, 1.54) is 12.8 Å². The monoisotopic (exact) mass is 420 g/mol. The molecule has 0 aliphatic heterocycles. The predicted molar refractivity (Wildman–Crippen MR) is 136 cm³/mol. The Bertz CT molecular complexity index is 874. The molecule has 2 saturated carbocycles. The average molecular weight is 421 g/mol. The Labute approximate surface area is 193 Å². The third-order valence-electron chi connectivity index (χ3n) is 11.6. The topological polar surface area (TPSA) is 0 Å². The van der Waals surface area contributed by atoms with Crippen LogP contribution in [0.2, 0.25) is 0 Å². The molecule has 0 N–H and O–H groups in total. The highest BCUT2D eigenvalue weighted by atomic mass is 14.6. The number of hydrogen-bond acceptors (Lipinski definition) is 0. The Morgan fingerprint density at radius 2 is 0.968 bits per heavy atom. The Morgan fingerprint density at radius 3 is 1.58 bits per heavy atom. The standard InChI is InChI=1S/C31H48/c1-15-14-28-26(19(5)24(10)29(28)21(7)16(15)2)12-13-27-20(6)25(11)30-22(8)17(3)18(4)23(9)31(27)30/h14,19-20,24-31H,12-13H2,1-11H3/t19?,20-,24+,25+,26?,27?,28?,29?,30+,31?/m1/s1. The third kappa shape index (κ3) is 3.29. The maximum absolute atomic E-state index is 2.67. The van der Waals surface area contributed by atoms with Crippen LogP contribution >= 0.6 is 0 Å². The van der Waals surface area contributed by atoms with Crippen molar-refractivity contribution in [1.29, 1.82) is 0 Å². The van der Waals surface area contributed by atoms with Crippen molar-refractivity contribution < 1.29 is 0 Å². The molecule has 0 heterocycles. The van der Waals surface area contributed by atoms with Crippen LogP contribution < -0.4 is 0 Å². The van der Waals surface area contributed by atoms with Gasteiger partial charge >= 0.3 is 0 Å². The normalized spacial score (nSPS) is 45.3. The van der Waals surface area contributed by atoms with Gasteiger partial charge in [0.15, 0.2) is 0 Å². The molecule has 172 valence electrons. The zero-order valence-corrected chi connectivity index (χ0v) is 22.3. The molecular formula is C31H48. The maximum Gasteiger partial charge on any atom is -0.0101 e. The second-order valence-corrected chi connectivity index (χ2v) is 12.3.